The molecule has 0 N–H and O–H groups in total. The molecule has 0 atom stereocenters. The van der Waals surface area contributed by atoms with Gasteiger partial charge in [-0.25, -0.2) is 0 Å². The lowest BCUT2D eigenvalue weighted by atomic mass is 9.84. The van der Waals surface area contributed by atoms with Crippen LogP contribution < -0.4 is 9.80 Å². The molecule has 42 heavy (non-hydrogen) atoms. The van der Waals surface area contributed by atoms with Crippen LogP contribution in [-0.4, -0.2) is 0 Å². The van der Waals surface area contributed by atoms with E-state index in [2.05, 4.69) is 157 Å². The zero-order valence-electron chi connectivity index (χ0n) is 24.4. The molecule has 0 fully saturated rings. The molecule has 0 saturated heterocycles. The van der Waals surface area contributed by atoms with Crippen LogP contribution in [0.4, 0.5) is 34.1 Å². The third kappa shape index (κ3) is 4.73. The first-order valence-corrected chi connectivity index (χ1v) is 15.1. The van der Waals surface area contributed by atoms with Crippen LogP contribution in [0, 0.1) is 13.8 Å². The van der Waals surface area contributed by atoms with E-state index in [4.69, 9.17) is 0 Å². The summed E-state index contributed by atoms with van der Waals surface area (Å²) in [6, 6.07) is 48.8. The van der Waals surface area contributed by atoms with Crippen molar-refractivity contribution in [3.8, 4) is 0 Å². The fourth-order valence-electron chi connectivity index (χ4n) is 6.52. The van der Waals surface area contributed by atoms with E-state index >= 15 is 0 Å². The zero-order chi connectivity index (χ0) is 28.5. The molecule has 206 valence electrons. The molecule has 0 unspecified atom stereocenters. The zero-order valence-corrected chi connectivity index (χ0v) is 24.4. The molecule has 1 aliphatic rings. The van der Waals surface area contributed by atoms with Crippen molar-refractivity contribution in [3.63, 3.8) is 0 Å². The molecule has 6 aromatic rings. The van der Waals surface area contributed by atoms with Crippen LogP contribution in [0.1, 0.15) is 35.1 Å². The van der Waals surface area contributed by atoms with Crippen LogP contribution in [0.5, 0.6) is 0 Å². The van der Waals surface area contributed by atoms with Gasteiger partial charge in [-0.05, 0) is 99.2 Å². The maximum absolute atomic E-state index is 2.49. The first-order valence-electron chi connectivity index (χ1n) is 15.1. The third-order valence-corrected chi connectivity index (χ3v) is 8.54. The number of fused-ring (bicyclic) bond motifs is 2. The lowest BCUT2D eigenvalue weighted by Crippen LogP contribution is -2.20. The van der Waals surface area contributed by atoms with Gasteiger partial charge in [0.2, 0.25) is 0 Å². The van der Waals surface area contributed by atoms with Crippen molar-refractivity contribution < 1.29 is 0 Å². The monoisotopic (exact) mass is 544 g/mol. The van der Waals surface area contributed by atoms with E-state index in [0.29, 0.717) is 0 Å². The van der Waals surface area contributed by atoms with Crippen molar-refractivity contribution in [2.45, 2.75) is 39.5 Å². The summed E-state index contributed by atoms with van der Waals surface area (Å²) in [6.07, 6.45) is 4.52. The second-order valence-corrected chi connectivity index (χ2v) is 11.4. The maximum atomic E-state index is 2.49. The summed E-state index contributed by atoms with van der Waals surface area (Å²) >= 11 is 0. The van der Waals surface area contributed by atoms with Gasteiger partial charge in [-0.3, -0.25) is 0 Å². The van der Waals surface area contributed by atoms with E-state index in [1.54, 1.807) is 0 Å². The van der Waals surface area contributed by atoms with E-state index in [-0.39, 0.29) is 0 Å². The van der Waals surface area contributed by atoms with Crippen molar-refractivity contribution in [1.29, 1.82) is 0 Å². The number of benzene rings is 6. The van der Waals surface area contributed by atoms with Gasteiger partial charge in [0.05, 0.1) is 11.4 Å². The second-order valence-electron chi connectivity index (χ2n) is 11.4. The maximum Gasteiger partial charge on any atom is 0.0576 e. The molecule has 0 heterocycles. The molecular weight excluding hydrogens is 508 g/mol. The smallest absolute Gasteiger partial charge is 0.0576 e. The summed E-state index contributed by atoms with van der Waals surface area (Å²) < 4.78 is 0. The highest BCUT2D eigenvalue weighted by Crippen LogP contribution is 2.51. The van der Waals surface area contributed by atoms with Gasteiger partial charge in [-0.1, -0.05) is 96.1 Å². The second kappa shape index (κ2) is 11.2. The van der Waals surface area contributed by atoms with Gasteiger partial charge in [-0.15, -0.1) is 0 Å². The van der Waals surface area contributed by atoms with Crippen LogP contribution in [-0.2, 0) is 12.8 Å². The molecule has 7 rings (SSSR count). The molecule has 0 bridgehead atoms. The summed E-state index contributed by atoms with van der Waals surface area (Å²) in [5.74, 6) is 0. The molecule has 0 aromatic heterocycles. The Balaban J connectivity index is 1.57. The Labute approximate surface area is 249 Å². The standard InChI is InChI=1S/C40H36N2/c1-29-21-25-33(26-22-29)41(31-13-5-3-6-14-31)39-35-17-9-11-19-37(35)40(38-20-12-10-18-36(38)39)42(32-15-7-4-8-16-32)34-27-23-30(2)24-28-34/h3-9,11,13-17,19,21-28H,10,12,18,20H2,1-2H3. The number of nitrogens with zero attached hydrogens (tertiary/aromatic N) is 2. The number of anilines is 6. The minimum Gasteiger partial charge on any atom is -0.310 e. The van der Waals surface area contributed by atoms with Crippen molar-refractivity contribution in [1.82, 2.24) is 0 Å². The van der Waals surface area contributed by atoms with Crippen LogP contribution >= 0.6 is 0 Å². The van der Waals surface area contributed by atoms with Gasteiger partial charge in [-0.2, -0.15) is 0 Å². The van der Waals surface area contributed by atoms with Gasteiger partial charge < -0.3 is 9.80 Å². The largest absolute Gasteiger partial charge is 0.310 e. The molecule has 0 aliphatic heterocycles. The lowest BCUT2D eigenvalue weighted by Gasteiger charge is -2.36. The Kier molecular flexibility index (Phi) is 6.97. The van der Waals surface area contributed by atoms with Crippen molar-refractivity contribution >= 4 is 44.9 Å². The number of para-hydroxylation sites is 2. The number of hydrogen-bond donors (Lipinski definition) is 0. The Morgan fingerprint density at radius 2 is 0.714 bits per heavy atom. The molecule has 0 amide bonds. The van der Waals surface area contributed by atoms with E-state index < -0.39 is 0 Å². The van der Waals surface area contributed by atoms with Gasteiger partial charge in [0, 0.05) is 33.5 Å². The van der Waals surface area contributed by atoms with E-state index in [9.17, 15) is 0 Å². The lowest BCUT2D eigenvalue weighted by molar-refractivity contribution is 0.687. The summed E-state index contributed by atoms with van der Waals surface area (Å²) in [5, 5.41) is 2.57. The molecule has 1 aliphatic carbocycles. The van der Waals surface area contributed by atoms with Gasteiger partial charge in [0.15, 0.2) is 0 Å². The molecule has 2 heteroatoms. The normalized spacial score (nSPS) is 12.6. The van der Waals surface area contributed by atoms with Crippen molar-refractivity contribution in [3.05, 3.63) is 156 Å². The van der Waals surface area contributed by atoms with Gasteiger partial charge in [0.25, 0.3) is 0 Å². The number of hydrogen-bond acceptors (Lipinski definition) is 2. The quantitative estimate of drug-likeness (QED) is 0.192. The minimum atomic E-state index is 1.06. The average molecular weight is 545 g/mol. The highest BCUT2D eigenvalue weighted by Gasteiger charge is 2.29. The molecule has 0 saturated carbocycles. The van der Waals surface area contributed by atoms with Crippen LogP contribution in [0.2, 0.25) is 0 Å². The highest BCUT2D eigenvalue weighted by atomic mass is 15.2. The van der Waals surface area contributed by atoms with E-state index in [0.717, 1.165) is 12.8 Å². The predicted molar refractivity (Wildman–Crippen MR) is 179 cm³/mol. The summed E-state index contributed by atoms with van der Waals surface area (Å²) in [7, 11) is 0. The van der Waals surface area contributed by atoms with Crippen LogP contribution in [0.15, 0.2) is 133 Å². The van der Waals surface area contributed by atoms with Gasteiger partial charge in [0.1, 0.15) is 0 Å². The minimum absolute atomic E-state index is 1.06. The summed E-state index contributed by atoms with van der Waals surface area (Å²) in [5.41, 5.74) is 12.9. The Bertz CT molecular complexity index is 1680. The van der Waals surface area contributed by atoms with Gasteiger partial charge >= 0.3 is 0 Å². The Morgan fingerprint density at radius 1 is 0.381 bits per heavy atom. The van der Waals surface area contributed by atoms with Crippen LogP contribution in [0.25, 0.3) is 10.8 Å². The predicted octanol–water partition coefficient (Wildman–Crippen LogP) is 11.3. The van der Waals surface area contributed by atoms with Crippen LogP contribution in [0.3, 0.4) is 0 Å². The molecular formula is C40H36N2. The topological polar surface area (TPSA) is 6.48 Å². The molecule has 6 aromatic carbocycles. The fourth-order valence-corrected chi connectivity index (χ4v) is 6.52. The molecule has 0 spiro atoms. The highest BCUT2D eigenvalue weighted by molar-refractivity contribution is 6.10. The first-order chi connectivity index (χ1) is 20.7. The Morgan fingerprint density at radius 3 is 1.10 bits per heavy atom. The van der Waals surface area contributed by atoms with Crippen molar-refractivity contribution in [2.24, 2.45) is 0 Å². The molecule has 0 radical (unpaired) electrons. The first kappa shape index (κ1) is 26.1. The molecule has 2 nitrogen and oxygen atoms in total. The van der Waals surface area contributed by atoms with E-state index in [1.807, 2.05) is 0 Å². The number of rotatable bonds is 6. The Hall–Kier alpha value is -4.82. The van der Waals surface area contributed by atoms with Crippen molar-refractivity contribution in [2.75, 3.05) is 9.80 Å². The SMILES string of the molecule is Cc1ccc(N(c2ccccc2)c2c3c(c(N(c4ccccc4)c4ccc(C)cc4)c4ccccc24)CCCC3)cc1. The fraction of sp³-hybridized carbons (Fsp3) is 0.150. The van der Waals surface area contributed by atoms with E-state index in [1.165, 1.54) is 80.0 Å². The third-order valence-electron chi connectivity index (χ3n) is 8.54. The average Bonchev–Trinajstić information content (AvgIpc) is 3.05. The summed E-state index contributed by atoms with van der Waals surface area (Å²) in [6.45, 7) is 4.32. The number of aryl methyl sites for hydroxylation is 2. The summed E-state index contributed by atoms with van der Waals surface area (Å²) in [4.78, 5) is 4.99.